The minimum atomic E-state index is 0.623. The Morgan fingerprint density at radius 1 is 1.20 bits per heavy atom. The summed E-state index contributed by atoms with van der Waals surface area (Å²) in [4.78, 5) is 2.26. The monoisotopic (exact) mass is 204 g/mol. The van der Waals surface area contributed by atoms with Crippen LogP contribution in [-0.2, 0) is 6.54 Å². The summed E-state index contributed by atoms with van der Waals surface area (Å²) in [5, 5.41) is 0. The Labute approximate surface area is 92.4 Å². The van der Waals surface area contributed by atoms with Crippen molar-refractivity contribution in [3.05, 3.63) is 47.5 Å². The molecule has 0 amide bonds. The molecular weight excluding hydrogens is 184 g/mol. The molecule has 0 unspecified atom stereocenters. The summed E-state index contributed by atoms with van der Waals surface area (Å²) in [6.45, 7) is 4.66. The fraction of sp³-hybridized carbons (Fsp3) is 0.385. The summed E-state index contributed by atoms with van der Waals surface area (Å²) in [7, 11) is 2.11. The van der Waals surface area contributed by atoms with E-state index in [1.807, 2.05) is 6.08 Å². The highest BCUT2D eigenvalue weighted by molar-refractivity contribution is 5.21. The Bertz CT molecular complexity index is 301. The van der Waals surface area contributed by atoms with E-state index >= 15 is 0 Å². The van der Waals surface area contributed by atoms with Gasteiger partial charge in [-0.25, -0.2) is 0 Å². The molecule has 1 aromatic rings. The van der Waals surface area contributed by atoms with Gasteiger partial charge in [-0.2, -0.15) is 0 Å². The molecule has 0 radical (unpaired) electrons. The third kappa shape index (κ3) is 4.77. The number of nitrogens with two attached hydrogens (primary N) is 1. The number of hydrogen-bond acceptors (Lipinski definition) is 2. The van der Waals surface area contributed by atoms with Crippen LogP contribution in [0.15, 0.2) is 36.4 Å². The van der Waals surface area contributed by atoms with Gasteiger partial charge in [-0.05, 0) is 19.5 Å². The lowest BCUT2D eigenvalue weighted by molar-refractivity contribution is 0.363. The van der Waals surface area contributed by atoms with Crippen molar-refractivity contribution in [2.75, 3.05) is 20.1 Å². The maximum Gasteiger partial charge on any atom is 0.0233 e. The molecule has 15 heavy (non-hydrogen) atoms. The highest BCUT2D eigenvalue weighted by atomic mass is 15.1. The predicted molar refractivity (Wildman–Crippen MR) is 65.7 cm³/mol. The van der Waals surface area contributed by atoms with Crippen molar-refractivity contribution in [1.82, 2.24) is 4.90 Å². The second kappa shape index (κ2) is 6.38. The summed E-state index contributed by atoms with van der Waals surface area (Å²) in [6.07, 6.45) is 4.10. The molecule has 0 aliphatic heterocycles. The summed E-state index contributed by atoms with van der Waals surface area (Å²) in [6, 6.07) is 8.66. The highest BCUT2D eigenvalue weighted by Gasteiger charge is 1.97. The number of hydrogen-bond donors (Lipinski definition) is 1. The molecule has 2 nitrogen and oxygen atoms in total. The third-order valence-corrected chi connectivity index (χ3v) is 2.29. The van der Waals surface area contributed by atoms with Gasteiger partial charge in [-0.1, -0.05) is 42.0 Å². The van der Waals surface area contributed by atoms with E-state index in [9.17, 15) is 0 Å². The Balaban J connectivity index is 2.40. The number of rotatable bonds is 5. The Kier molecular flexibility index (Phi) is 5.08. The van der Waals surface area contributed by atoms with E-state index in [1.54, 1.807) is 0 Å². The number of likely N-dealkylation sites (N-methyl/N-ethyl adjacent to an activating group) is 1. The minimum Gasteiger partial charge on any atom is -0.327 e. The number of nitrogens with zero attached hydrogens (tertiary/aromatic N) is 1. The van der Waals surface area contributed by atoms with Gasteiger partial charge in [-0.3, -0.25) is 4.90 Å². The topological polar surface area (TPSA) is 29.3 Å². The van der Waals surface area contributed by atoms with Gasteiger partial charge in [0.15, 0.2) is 0 Å². The van der Waals surface area contributed by atoms with Crippen LogP contribution >= 0.6 is 0 Å². The lowest BCUT2D eigenvalue weighted by atomic mass is 10.1. The molecule has 82 valence electrons. The fourth-order valence-electron chi connectivity index (χ4n) is 1.42. The first kappa shape index (κ1) is 12.0. The highest BCUT2D eigenvalue weighted by Crippen LogP contribution is 2.05. The van der Waals surface area contributed by atoms with Crippen molar-refractivity contribution in [2.24, 2.45) is 5.73 Å². The molecule has 2 N–H and O–H groups in total. The first-order valence-electron chi connectivity index (χ1n) is 5.31. The molecule has 0 fully saturated rings. The van der Waals surface area contributed by atoms with Crippen molar-refractivity contribution in [2.45, 2.75) is 13.5 Å². The second-order valence-electron chi connectivity index (χ2n) is 3.89. The average molecular weight is 204 g/mol. The van der Waals surface area contributed by atoms with Gasteiger partial charge >= 0.3 is 0 Å². The third-order valence-electron chi connectivity index (χ3n) is 2.29. The van der Waals surface area contributed by atoms with E-state index in [0.29, 0.717) is 6.54 Å². The molecule has 0 bridgehead atoms. The van der Waals surface area contributed by atoms with Crippen LogP contribution < -0.4 is 5.73 Å². The van der Waals surface area contributed by atoms with Crippen molar-refractivity contribution in [3.63, 3.8) is 0 Å². The van der Waals surface area contributed by atoms with Crippen LogP contribution in [0.2, 0.25) is 0 Å². The molecule has 0 atom stereocenters. The molecule has 1 aromatic carbocycles. The molecule has 2 heteroatoms. The van der Waals surface area contributed by atoms with Crippen LogP contribution in [0.3, 0.4) is 0 Å². The first-order chi connectivity index (χ1) is 7.22. The Morgan fingerprint density at radius 2 is 1.87 bits per heavy atom. The zero-order valence-electron chi connectivity index (χ0n) is 9.61. The average Bonchev–Trinajstić information content (AvgIpc) is 2.22. The molecule has 0 aliphatic rings. The lowest BCUT2D eigenvalue weighted by Crippen LogP contribution is -2.17. The molecule has 0 aliphatic carbocycles. The Morgan fingerprint density at radius 3 is 2.47 bits per heavy atom. The van der Waals surface area contributed by atoms with Gasteiger partial charge in [0.25, 0.3) is 0 Å². The molecule has 0 spiro atoms. The standard InChI is InChI=1S/C13H20N2/c1-12-5-7-13(8-6-12)11-15(2)10-4-3-9-14/h3-8H,9-11,14H2,1-2H3. The number of benzene rings is 1. The van der Waals surface area contributed by atoms with Gasteiger partial charge in [0, 0.05) is 19.6 Å². The Hall–Kier alpha value is -1.12. The lowest BCUT2D eigenvalue weighted by Gasteiger charge is -2.14. The van der Waals surface area contributed by atoms with Gasteiger partial charge in [0.05, 0.1) is 0 Å². The molecule has 0 aromatic heterocycles. The van der Waals surface area contributed by atoms with Gasteiger partial charge in [0.1, 0.15) is 0 Å². The van der Waals surface area contributed by atoms with Gasteiger partial charge in [0.2, 0.25) is 0 Å². The largest absolute Gasteiger partial charge is 0.327 e. The summed E-state index contributed by atoms with van der Waals surface area (Å²) in [5.41, 5.74) is 8.04. The van der Waals surface area contributed by atoms with Gasteiger partial charge < -0.3 is 5.73 Å². The SMILES string of the molecule is Cc1ccc(CN(C)CC=CCN)cc1. The molecule has 1 rings (SSSR count). The minimum absolute atomic E-state index is 0.623. The van der Waals surface area contributed by atoms with Crippen LogP contribution in [0, 0.1) is 6.92 Å². The first-order valence-corrected chi connectivity index (χ1v) is 5.31. The van der Waals surface area contributed by atoms with E-state index in [2.05, 4.69) is 49.2 Å². The van der Waals surface area contributed by atoms with Crippen LogP contribution in [0.1, 0.15) is 11.1 Å². The van der Waals surface area contributed by atoms with Crippen LogP contribution in [0.25, 0.3) is 0 Å². The summed E-state index contributed by atoms with van der Waals surface area (Å²) >= 11 is 0. The quantitative estimate of drug-likeness (QED) is 0.743. The van der Waals surface area contributed by atoms with Crippen LogP contribution in [0.5, 0.6) is 0 Å². The zero-order valence-corrected chi connectivity index (χ0v) is 9.61. The molecule has 0 heterocycles. The zero-order chi connectivity index (χ0) is 11.1. The molecular formula is C13H20N2. The maximum atomic E-state index is 5.38. The van der Waals surface area contributed by atoms with Crippen molar-refractivity contribution in [3.8, 4) is 0 Å². The van der Waals surface area contributed by atoms with E-state index in [4.69, 9.17) is 5.73 Å². The fourth-order valence-corrected chi connectivity index (χ4v) is 1.42. The van der Waals surface area contributed by atoms with E-state index < -0.39 is 0 Å². The van der Waals surface area contributed by atoms with Crippen molar-refractivity contribution >= 4 is 0 Å². The molecule has 0 saturated heterocycles. The van der Waals surface area contributed by atoms with Crippen molar-refractivity contribution < 1.29 is 0 Å². The van der Waals surface area contributed by atoms with Gasteiger partial charge in [-0.15, -0.1) is 0 Å². The van der Waals surface area contributed by atoms with Crippen LogP contribution in [-0.4, -0.2) is 25.0 Å². The molecule has 0 saturated carbocycles. The summed E-state index contributed by atoms with van der Waals surface area (Å²) < 4.78 is 0. The summed E-state index contributed by atoms with van der Waals surface area (Å²) in [5.74, 6) is 0. The normalized spacial score (nSPS) is 11.5. The second-order valence-corrected chi connectivity index (χ2v) is 3.89. The number of aryl methyl sites for hydroxylation is 1. The van der Waals surface area contributed by atoms with E-state index in [0.717, 1.165) is 13.1 Å². The van der Waals surface area contributed by atoms with E-state index in [-0.39, 0.29) is 0 Å². The maximum absolute atomic E-state index is 5.38. The van der Waals surface area contributed by atoms with Crippen LogP contribution in [0.4, 0.5) is 0 Å². The van der Waals surface area contributed by atoms with E-state index in [1.165, 1.54) is 11.1 Å². The predicted octanol–water partition coefficient (Wildman–Crippen LogP) is 1.94. The smallest absolute Gasteiger partial charge is 0.0233 e. The van der Waals surface area contributed by atoms with Crippen molar-refractivity contribution in [1.29, 1.82) is 0 Å².